The number of thiophene rings is 1. The summed E-state index contributed by atoms with van der Waals surface area (Å²) in [5.41, 5.74) is 1.53. The van der Waals surface area contributed by atoms with Gasteiger partial charge in [0.15, 0.2) is 11.6 Å². The quantitative estimate of drug-likeness (QED) is 0.898. The number of halogens is 2. The molecule has 1 atom stereocenters. The summed E-state index contributed by atoms with van der Waals surface area (Å²) in [7, 11) is 1.43. The van der Waals surface area contributed by atoms with Crippen LogP contribution < -0.4 is 4.74 Å². The highest BCUT2D eigenvalue weighted by molar-refractivity contribution is 9.11. The molecule has 102 valence electrons. The van der Waals surface area contributed by atoms with Crippen molar-refractivity contribution in [1.82, 2.24) is 0 Å². The number of ether oxygens (including phenoxy) is 1. The van der Waals surface area contributed by atoms with E-state index < -0.39 is 11.9 Å². The Balaban J connectivity index is 2.21. The summed E-state index contributed by atoms with van der Waals surface area (Å²) in [6.45, 7) is 1.96. The highest BCUT2D eigenvalue weighted by Crippen LogP contribution is 2.33. The molecule has 0 bridgehead atoms. The van der Waals surface area contributed by atoms with Crippen molar-refractivity contribution in [2.75, 3.05) is 7.11 Å². The molecule has 1 heterocycles. The van der Waals surface area contributed by atoms with E-state index >= 15 is 0 Å². The van der Waals surface area contributed by atoms with Gasteiger partial charge in [0.1, 0.15) is 0 Å². The van der Waals surface area contributed by atoms with Gasteiger partial charge in [0.2, 0.25) is 0 Å². The van der Waals surface area contributed by atoms with Crippen LogP contribution in [0.3, 0.4) is 0 Å². The lowest BCUT2D eigenvalue weighted by Gasteiger charge is -2.11. The summed E-state index contributed by atoms with van der Waals surface area (Å²) in [4.78, 5) is 0.826. The Morgan fingerprint density at radius 3 is 2.79 bits per heavy atom. The summed E-state index contributed by atoms with van der Waals surface area (Å²) >= 11 is 4.89. The Morgan fingerprint density at radius 2 is 2.21 bits per heavy atom. The summed E-state index contributed by atoms with van der Waals surface area (Å²) in [6.07, 6.45) is -0.480. The maximum atomic E-state index is 14.0. The Kier molecular flexibility index (Phi) is 4.60. The van der Waals surface area contributed by atoms with Crippen molar-refractivity contribution in [1.29, 1.82) is 0 Å². The average Bonchev–Trinajstić information content (AvgIpc) is 2.72. The molecule has 1 unspecified atom stereocenters. The van der Waals surface area contributed by atoms with E-state index in [0.717, 1.165) is 14.2 Å². The van der Waals surface area contributed by atoms with E-state index in [0.29, 0.717) is 5.56 Å². The van der Waals surface area contributed by atoms with Gasteiger partial charge in [-0.2, -0.15) is 0 Å². The molecule has 0 saturated carbocycles. The minimum Gasteiger partial charge on any atom is -0.494 e. The van der Waals surface area contributed by atoms with Gasteiger partial charge in [0.05, 0.1) is 17.0 Å². The molecule has 19 heavy (non-hydrogen) atoms. The van der Waals surface area contributed by atoms with Gasteiger partial charge >= 0.3 is 0 Å². The lowest BCUT2D eigenvalue weighted by Crippen LogP contribution is -2.03. The van der Waals surface area contributed by atoms with Gasteiger partial charge in [-0.3, -0.25) is 0 Å². The molecule has 0 aliphatic rings. The van der Waals surface area contributed by atoms with Crippen molar-refractivity contribution in [2.24, 2.45) is 0 Å². The van der Waals surface area contributed by atoms with Crippen LogP contribution in [-0.2, 0) is 6.42 Å². The van der Waals surface area contributed by atoms with Gasteiger partial charge in [-0.25, -0.2) is 4.39 Å². The zero-order chi connectivity index (χ0) is 14.0. The molecule has 0 aliphatic carbocycles. The monoisotopic (exact) mass is 344 g/mol. The number of benzene rings is 1. The SMILES string of the molecule is COc1cccc(CC(O)c2cc(C)c(Br)s2)c1F. The van der Waals surface area contributed by atoms with Crippen molar-refractivity contribution >= 4 is 27.3 Å². The largest absolute Gasteiger partial charge is 0.494 e. The smallest absolute Gasteiger partial charge is 0.168 e. The van der Waals surface area contributed by atoms with Gasteiger partial charge in [-0.1, -0.05) is 12.1 Å². The molecule has 2 nitrogen and oxygen atoms in total. The summed E-state index contributed by atoms with van der Waals surface area (Å²) in [5.74, 6) is -0.204. The highest BCUT2D eigenvalue weighted by atomic mass is 79.9. The fourth-order valence-electron chi connectivity index (χ4n) is 1.83. The number of hydrogen-bond donors (Lipinski definition) is 1. The molecule has 0 saturated heterocycles. The number of aliphatic hydroxyl groups is 1. The number of methoxy groups -OCH3 is 1. The molecule has 1 aromatic carbocycles. The highest BCUT2D eigenvalue weighted by Gasteiger charge is 2.16. The van der Waals surface area contributed by atoms with Crippen molar-refractivity contribution < 1.29 is 14.2 Å². The summed E-state index contributed by atoms with van der Waals surface area (Å²) in [5, 5.41) is 10.2. The first-order chi connectivity index (χ1) is 9.02. The Bertz CT molecular complexity index is 563. The second-order valence-corrected chi connectivity index (χ2v) is 6.66. The Hall–Kier alpha value is -0.910. The summed E-state index contributed by atoms with van der Waals surface area (Å²) in [6, 6.07) is 6.87. The lowest BCUT2D eigenvalue weighted by molar-refractivity contribution is 0.180. The number of rotatable bonds is 4. The molecule has 5 heteroatoms. The number of aliphatic hydroxyl groups excluding tert-OH is 1. The fraction of sp³-hybridized carbons (Fsp3) is 0.286. The van der Waals surface area contributed by atoms with Crippen molar-refractivity contribution in [3.8, 4) is 5.75 Å². The predicted octanol–water partition coefficient (Wildman–Crippen LogP) is 4.24. The standard InChI is InChI=1S/C14H14BrFO2S/c1-8-6-12(19-14(8)15)10(17)7-9-4-3-5-11(18-2)13(9)16/h3-6,10,17H,7H2,1-2H3. The van der Waals surface area contributed by atoms with Crippen LogP contribution in [0.4, 0.5) is 4.39 Å². The topological polar surface area (TPSA) is 29.5 Å². The van der Waals surface area contributed by atoms with Gasteiger partial charge in [0, 0.05) is 11.3 Å². The van der Waals surface area contributed by atoms with Gasteiger partial charge < -0.3 is 9.84 Å². The van der Waals surface area contributed by atoms with E-state index in [9.17, 15) is 9.50 Å². The lowest BCUT2D eigenvalue weighted by atomic mass is 10.1. The van der Waals surface area contributed by atoms with Crippen LogP contribution in [0.2, 0.25) is 0 Å². The second-order valence-electron chi connectivity index (χ2n) is 4.26. The molecule has 0 fully saturated rings. The normalized spacial score (nSPS) is 12.5. The minimum atomic E-state index is -0.711. The van der Waals surface area contributed by atoms with Crippen molar-refractivity contribution in [3.63, 3.8) is 0 Å². The predicted molar refractivity (Wildman–Crippen MR) is 78.4 cm³/mol. The minimum absolute atomic E-state index is 0.202. The maximum absolute atomic E-state index is 14.0. The number of aryl methyl sites for hydroxylation is 1. The van der Waals surface area contributed by atoms with Crippen LogP contribution >= 0.6 is 27.3 Å². The van der Waals surface area contributed by atoms with E-state index in [1.807, 2.05) is 13.0 Å². The zero-order valence-corrected chi connectivity index (χ0v) is 13.0. The van der Waals surface area contributed by atoms with Crippen LogP contribution in [0.25, 0.3) is 0 Å². The third-order valence-corrected chi connectivity index (χ3v) is 5.12. The van der Waals surface area contributed by atoms with Crippen molar-refractivity contribution in [3.05, 3.63) is 49.9 Å². The first-order valence-electron chi connectivity index (χ1n) is 5.78. The van der Waals surface area contributed by atoms with E-state index in [1.165, 1.54) is 18.4 Å². The van der Waals surface area contributed by atoms with Crippen LogP contribution in [-0.4, -0.2) is 12.2 Å². The molecule has 1 N–H and O–H groups in total. The Morgan fingerprint density at radius 1 is 1.47 bits per heavy atom. The van der Waals surface area contributed by atoms with Crippen LogP contribution in [0.1, 0.15) is 22.1 Å². The van der Waals surface area contributed by atoms with E-state index in [2.05, 4.69) is 15.9 Å². The summed E-state index contributed by atoms with van der Waals surface area (Å²) < 4.78 is 19.9. The van der Waals surface area contributed by atoms with Gasteiger partial charge in [-0.15, -0.1) is 11.3 Å². The first kappa shape index (κ1) is 14.5. The molecule has 0 radical (unpaired) electrons. The van der Waals surface area contributed by atoms with E-state index in [-0.39, 0.29) is 12.2 Å². The molecule has 0 aliphatic heterocycles. The van der Waals surface area contributed by atoms with E-state index in [4.69, 9.17) is 4.74 Å². The van der Waals surface area contributed by atoms with Crippen LogP contribution in [0.15, 0.2) is 28.1 Å². The second kappa shape index (κ2) is 6.03. The third-order valence-electron chi connectivity index (χ3n) is 2.88. The molecular formula is C14H14BrFO2S. The molecule has 2 rings (SSSR count). The van der Waals surface area contributed by atoms with Gasteiger partial charge in [0.25, 0.3) is 0 Å². The zero-order valence-electron chi connectivity index (χ0n) is 10.6. The maximum Gasteiger partial charge on any atom is 0.168 e. The van der Waals surface area contributed by atoms with Crippen LogP contribution in [0.5, 0.6) is 5.75 Å². The Labute approximate surface area is 124 Å². The number of hydrogen-bond acceptors (Lipinski definition) is 3. The molecule has 2 aromatic rings. The third kappa shape index (κ3) is 3.16. The fourth-order valence-corrected chi connectivity index (χ4v) is 3.39. The molecular weight excluding hydrogens is 331 g/mol. The van der Waals surface area contributed by atoms with Crippen LogP contribution in [0, 0.1) is 12.7 Å². The average molecular weight is 345 g/mol. The molecule has 0 amide bonds. The van der Waals surface area contributed by atoms with Gasteiger partial charge in [-0.05, 0) is 46.1 Å². The first-order valence-corrected chi connectivity index (χ1v) is 7.39. The van der Waals surface area contributed by atoms with E-state index in [1.54, 1.807) is 18.2 Å². The molecule has 1 aromatic heterocycles. The molecule has 0 spiro atoms. The van der Waals surface area contributed by atoms with Crippen molar-refractivity contribution in [2.45, 2.75) is 19.4 Å².